The standard InChI is InChI=1S/C18H22N4O2/c1-4-10-22-16(19)14(18(23)24-11(3)5-2)15-17(22)21-13-9-7-6-8-12(13)20-15/h6-9,11H,4-5,10,19H2,1-3H3. The Balaban J connectivity index is 2.25. The van der Waals surface area contributed by atoms with Gasteiger partial charge in [-0.15, -0.1) is 0 Å². The number of hydrogen-bond acceptors (Lipinski definition) is 5. The van der Waals surface area contributed by atoms with Gasteiger partial charge >= 0.3 is 5.97 Å². The molecular formula is C18H22N4O2. The maximum absolute atomic E-state index is 12.6. The number of hydrogen-bond donors (Lipinski definition) is 1. The molecular weight excluding hydrogens is 304 g/mol. The van der Waals surface area contributed by atoms with Gasteiger partial charge in [-0.05, 0) is 31.9 Å². The van der Waals surface area contributed by atoms with E-state index in [9.17, 15) is 4.79 Å². The average Bonchev–Trinajstić information content (AvgIpc) is 2.84. The average molecular weight is 326 g/mol. The molecule has 3 rings (SSSR count). The second-order valence-corrected chi connectivity index (χ2v) is 5.92. The van der Waals surface area contributed by atoms with Crippen LogP contribution in [0.4, 0.5) is 5.82 Å². The molecule has 24 heavy (non-hydrogen) atoms. The maximum atomic E-state index is 12.6. The van der Waals surface area contributed by atoms with Gasteiger partial charge in [0.2, 0.25) is 0 Å². The third kappa shape index (κ3) is 2.68. The summed E-state index contributed by atoms with van der Waals surface area (Å²) in [4.78, 5) is 21.9. The molecule has 3 aromatic rings. The van der Waals surface area contributed by atoms with Crippen molar-refractivity contribution in [3.63, 3.8) is 0 Å². The molecule has 1 atom stereocenters. The van der Waals surface area contributed by atoms with Crippen LogP contribution in [0.1, 0.15) is 44.0 Å². The molecule has 2 N–H and O–H groups in total. The van der Waals surface area contributed by atoms with E-state index in [1.807, 2.05) is 42.7 Å². The van der Waals surface area contributed by atoms with E-state index in [1.54, 1.807) is 0 Å². The zero-order valence-electron chi connectivity index (χ0n) is 14.2. The Morgan fingerprint density at radius 1 is 1.25 bits per heavy atom. The summed E-state index contributed by atoms with van der Waals surface area (Å²) in [5.74, 6) is -0.0678. The van der Waals surface area contributed by atoms with Crippen LogP contribution >= 0.6 is 0 Å². The molecule has 0 aliphatic carbocycles. The van der Waals surface area contributed by atoms with E-state index in [4.69, 9.17) is 10.5 Å². The summed E-state index contributed by atoms with van der Waals surface area (Å²) < 4.78 is 7.33. The van der Waals surface area contributed by atoms with Crippen LogP contribution in [0.2, 0.25) is 0 Å². The normalized spacial score (nSPS) is 12.6. The van der Waals surface area contributed by atoms with Crippen LogP contribution in [0.3, 0.4) is 0 Å². The number of aryl methyl sites for hydroxylation is 1. The van der Waals surface area contributed by atoms with Crippen molar-refractivity contribution in [2.24, 2.45) is 0 Å². The highest BCUT2D eigenvalue weighted by Gasteiger charge is 2.25. The van der Waals surface area contributed by atoms with Crippen LogP contribution in [0.15, 0.2) is 24.3 Å². The molecule has 6 heteroatoms. The smallest absolute Gasteiger partial charge is 0.344 e. The summed E-state index contributed by atoms with van der Waals surface area (Å²) in [5, 5.41) is 0. The molecule has 1 unspecified atom stereocenters. The molecule has 0 fully saturated rings. The summed E-state index contributed by atoms with van der Waals surface area (Å²) in [6, 6.07) is 7.58. The third-order valence-corrected chi connectivity index (χ3v) is 4.13. The zero-order chi connectivity index (χ0) is 17.3. The molecule has 0 aliphatic rings. The first-order valence-electron chi connectivity index (χ1n) is 8.32. The lowest BCUT2D eigenvalue weighted by Crippen LogP contribution is -2.15. The van der Waals surface area contributed by atoms with Crippen molar-refractivity contribution in [3.8, 4) is 0 Å². The number of fused-ring (bicyclic) bond motifs is 2. The van der Waals surface area contributed by atoms with Crippen LogP contribution in [0.25, 0.3) is 22.2 Å². The zero-order valence-corrected chi connectivity index (χ0v) is 14.2. The van der Waals surface area contributed by atoms with Gasteiger partial charge < -0.3 is 15.0 Å². The Kier molecular flexibility index (Phi) is 4.38. The lowest BCUT2D eigenvalue weighted by atomic mass is 10.2. The van der Waals surface area contributed by atoms with Crippen molar-refractivity contribution in [2.45, 2.75) is 46.3 Å². The van der Waals surface area contributed by atoms with E-state index in [0.29, 0.717) is 29.1 Å². The Morgan fingerprint density at radius 2 is 1.92 bits per heavy atom. The molecule has 1 aromatic carbocycles. The number of nitrogens with two attached hydrogens (primary N) is 1. The molecule has 2 aromatic heterocycles. The third-order valence-electron chi connectivity index (χ3n) is 4.13. The van der Waals surface area contributed by atoms with Gasteiger partial charge in [0, 0.05) is 6.54 Å². The molecule has 0 spiro atoms. The number of para-hydroxylation sites is 2. The maximum Gasteiger partial charge on any atom is 0.344 e. The van der Waals surface area contributed by atoms with Gasteiger partial charge in [0.15, 0.2) is 5.65 Å². The summed E-state index contributed by atoms with van der Waals surface area (Å²) in [6.07, 6.45) is 1.45. The number of ether oxygens (including phenoxy) is 1. The number of nitrogens with zero attached hydrogens (tertiary/aromatic N) is 3. The fraction of sp³-hybridized carbons (Fsp3) is 0.389. The van der Waals surface area contributed by atoms with E-state index in [0.717, 1.165) is 23.9 Å². The minimum atomic E-state index is -0.439. The second-order valence-electron chi connectivity index (χ2n) is 5.92. The highest BCUT2D eigenvalue weighted by Crippen LogP contribution is 2.29. The van der Waals surface area contributed by atoms with E-state index in [-0.39, 0.29) is 6.10 Å². The van der Waals surface area contributed by atoms with E-state index < -0.39 is 5.97 Å². The Hall–Kier alpha value is -2.63. The summed E-state index contributed by atoms with van der Waals surface area (Å²) in [6.45, 7) is 6.55. The largest absolute Gasteiger partial charge is 0.459 e. The topological polar surface area (TPSA) is 83.0 Å². The lowest BCUT2D eigenvalue weighted by Gasteiger charge is -2.10. The van der Waals surface area contributed by atoms with Gasteiger partial charge in [-0.1, -0.05) is 26.0 Å². The second kappa shape index (κ2) is 6.47. The van der Waals surface area contributed by atoms with Crippen molar-refractivity contribution >= 4 is 34.0 Å². The van der Waals surface area contributed by atoms with Crippen molar-refractivity contribution in [1.82, 2.24) is 14.5 Å². The fourth-order valence-electron chi connectivity index (χ4n) is 2.69. The number of rotatable bonds is 5. The molecule has 0 radical (unpaired) electrons. The summed E-state index contributed by atoms with van der Waals surface area (Å²) in [7, 11) is 0. The van der Waals surface area contributed by atoms with Crippen LogP contribution < -0.4 is 5.73 Å². The van der Waals surface area contributed by atoms with Crippen LogP contribution in [0, 0.1) is 0 Å². The van der Waals surface area contributed by atoms with Crippen LogP contribution in [-0.2, 0) is 11.3 Å². The predicted octanol–water partition coefficient (Wildman–Crippen LogP) is 3.53. The molecule has 2 heterocycles. The monoisotopic (exact) mass is 326 g/mol. The number of nitrogen functional groups attached to an aromatic ring is 1. The first-order chi connectivity index (χ1) is 11.6. The summed E-state index contributed by atoms with van der Waals surface area (Å²) >= 11 is 0. The number of aromatic nitrogens is 3. The Bertz CT molecular complexity index is 901. The minimum Gasteiger partial charge on any atom is -0.459 e. The Labute approximate surface area is 140 Å². The van der Waals surface area contributed by atoms with Crippen molar-refractivity contribution in [2.75, 3.05) is 5.73 Å². The minimum absolute atomic E-state index is 0.171. The quantitative estimate of drug-likeness (QED) is 0.725. The number of carbonyl (C=O) groups excluding carboxylic acids is 1. The molecule has 0 amide bonds. The van der Waals surface area contributed by atoms with E-state index >= 15 is 0 Å². The first-order valence-corrected chi connectivity index (χ1v) is 8.32. The van der Waals surface area contributed by atoms with Crippen LogP contribution in [-0.4, -0.2) is 26.6 Å². The highest BCUT2D eigenvalue weighted by atomic mass is 16.5. The SMILES string of the molecule is CCCn1c(N)c(C(=O)OC(C)CC)c2nc3ccccc3nc21. The molecule has 126 valence electrons. The van der Waals surface area contributed by atoms with Gasteiger partial charge in [-0.25, -0.2) is 14.8 Å². The number of benzene rings is 1. The number of carbonyl (C=O) groups is 1. The molecule has 0 bridgehead atoms. The highest BCUT2D eigenvalue weighted by molar-refractivity contribution is 6.08. The van der Waals surface area contributed by atoms with Gasteiger partial charge in [0.05, 0.1) is 17.1 Å². The van der Waals surface area contributed by atoms with Gasteiger partial charge in [-0.2, -0.15) is 0 Å². The predicted molar refractivity (Wildman–Crippen MR) is 94.9 cm³/mol. The van der Waals surface area contributed by atoms with Crippen molar-refractivity contribution < 1.29 is 9.53 Å². The molecule has 0 aliphatic heterocycles. The van der Waals surface area contributed by atoms with Gasteiger partial charge in [0.1, 0.15) is 16.9 Å². The molecule has 6 nitrogen and oxygen atoms in total. The molecule has 0 saturated heterocycles. The summed E-state index contributed by atoms with van der Waals surface area (Å²) in [5.41, 5.74) is 9.23. The number of esters is 1. The van der Waals surface area contributed by atoms with Crippen LogP contribution in [0.5, 0.6) is 0 Å². The van der Waals surface area contributed by atoms with Gasteiger partial charge in [0.25, 0.3) is 0 Å². The number of anilines is 1. The van der Waals surface area contributed by atoms with Crippen molar-refractivity contribution in [1.29, 1.82) is 0 Å². The fourth-order valence-corrected chi connectivity index (χ4v) is 2.69. The Morgan fingerprint density at radius 3 is 2.54 bits per heavy atom. The van der Waals surface area contributed by atoms with Crippen molar-refractivity contribution in [3.05, 3.63) is 29.8 Å². The van der Waals surface area contributed by atoms with E-state index in [1.165, 1.54) is 0 Å². The van der Waals surface area contributed by atoms with E-state index in [2.05, 4.69) is 16.9 Å². The first kappa shape index (κ1) is 16.2. The lowest BCUT2D eigenvalue weighted by molar-refractivity contribution is 0.0338. The van der Waals surface area contributed by atoms with Gasteiger partial charge in [-0.3, -0.25) is 0 Å². The molecule has 0 saturated carbocycles.